The number of hydrogen-bond donors (Lipinski definition) is 0. The van der Waals surface area contributed by atoms with Crippen LogP contribution in [0.3, 0.4) is 0 Å². The fraction of sp³-hybridized carbons (Fsp3) is 0.393. The highest BCUT2D eigenvalue weighted by Crippen LogP contribution is 2.32. The Morgan fingerprint density at radius 3 is 2.03 bits per heavy atom. The van der Waals surface area contributed by atoms with Gasteiger partial charge in [0.15, 0.2) is 0 Å². The van der Waals surface area contributed by atoms with E-state index < -0.39 is 11.1 Å². The molecule has 2 aliphatic rings. The minimum Gasteiger partial charge on any atom is -0.490 e. The number of hydrogen-bond acceptors (Lipinski definition) is 6. The van der Waals surface area contributed by atoms with Crippen LogP contribution in [-0.2, 0) is 15.0 Å². The first kappa shape index (κ1) is 25.8. The topological polar surface area (TPSA) is 76.2 Å². The van der Waals surface area contributed by atoms with Crippen LogP contribution in [0.15, 0.2) is 53.4 Å². The Bertz CT molecular complexity index is 1130. The lowest BCUT2D eigenvalue weighted by atomic mass is 9.87. The lowest BCUT2D eigenvalue weighted by molar-refractivity contribution is -0.135. The third kappa shape index (κ3) is 6.49. The molecule has 0 aromatic heterocycles. The highest BCUT2D eigenvalue weighted by Gasteiger charge is 2.37. The molecule has 3 amide bonds. The monoisotopic (exact) mass is 508 g/mol. The molecule has 0 bridgehead atoms. The van der Waals surface area contributed by atoms with Crippen LogP contribution in [0, 0.1) is 0 Å². The van der Waals surface area contributed by atoms with Crippen LogP contribution in [-0.4, -0.2) is 59.7 Å². The number of ether oxygens (including phenoxy) is 2. The molecule has 2 aromatic carbocycles. The van der Waals surface area contributed by atoms with Crippen molar-refractivity contribution in [2.45, 2.75) is 39.0 Å². The molecule has 0 saturated carbocycles. The number of thioether (sulfide) groups is 1. The Balaban J connectivity index is 1.25. The summed E-state index contributed by atoms with van der Waals surface area (Å²) in [6.45, 7) is 8.52. The van der Waals surface area contributed by atoms with Crippen molar-refractivity contribution in [1.29, 1.82) is 0 Å². The van der Waals surface area contributed by atoms with Gasteiger partial charge >= 0.3 is 0 Å². The Hall–Kier alpha value is -3.26. The van der Waals surface area contributed by atoms with Crippen molar-refractivity contribution in [2.75, 3.05) is 32.8 Å². The van der Waals surface area contributed by atoms with E-state index in [2.05, 4.69) is 32.9 Å². The molecule has 0 radical (unpaired) electrons. The summed E-state index contributed by atoms with van der Waals surface area (Å²) in [6, 6.07) is 15.4. The van der Waals surface area contributed by atoms with Crippen molar-refractivity contribution in [3.63, 3.8) is 0 Å². The van der Waals surface area contributed by atoms with Crippen LogP contribution in [0.2, 0.25) is 0 Å². The van der Waals surface area contributed by atoms with Gasteiger partial charge in [0.1, 0.15) is 31.3 Å². The second-order valence-electron chi connectivity index (χ2n) is 9.90. The van der Waals surface area contributed by atoms with E-state index in [4.69, 9.17) is 9.47 Å². The number of nitrogens with zero attached hydrogens (tertiary/aromatic N) is 2. The summed E-state index contributed by atoms with van der Waals surface area (Å²) in [7, 11) is 0. The largest absolute Gasteiger partial charge is 0.490 e. The second-order valence-corrected chi connectivity index (χ2v) is 10.9. The molecule has 2 fully saturated rings. The predicted molar refractivity (Wildman–Crippen MR) is 141 cm³/mol. The minimum absolute atomic E-state index is 0.106. The summed E-state index contributed by atoms with van der Waals surface area (Å²) in [5.41, 5.74) is 2.13. The van der Waals surface area contributed by atoms with Crippen molar-refractivity contribution in [2.24, 2.45) is 0 Å². The average molecular weight is 509 g/mol. The minimum atomic E-state index is -0.425. The molecule has 0 unspecified atom stereocenters. The number of imide groups is 1. The van der Waals surface area contributed by atoms with Crippen molar-refractivity contribution in [1.82, 2.24) is 9.80 Å². The molecule has 0 N–H and O–H groups in total. The van der Waals surface area contributed by atoms with Crippen molar-refractivity contribution >= 4 is 34.9 Å². The summed E-state index contributed by atoms with van der Waals surface area (Å²) >= 11 is 0.862. The zero-order valence-electron chi connectivity index (χ0n) is 21.0. The zero-order valence-corrected chi connectivity index (χ0v) is 21.8. The molecule has 2 aromatic rings. The van der Waals surface area contributed by atoms with Crippen molar-refractivity contribution in [3.8, 4) is 11.5 Å². The molecule has 190 valence electrons. The number of carbonyl (C=O) groups is 3. The van der Waals surface area contributed by atoms with Crippen molar-refractivity contribution < 1.29 is 23.9 Å². The van der Waals surface area contributed by atoms with Gasteiger partial charge in [-0.25, -0.2) is 0 Å². The lowest BCUT2D eigenvalue weighted by Crippen LogP contribution is -2.40. The number of benzene rings is 2. The Kier molecular flexibility index (Phi) is 8.04. The Morgan fingerprint density at radius 1 is 0.917 bits per heavy atom. The summed E-state index contributed by atoms with van der Waals surface area (Å²) in [6.07, 6.45) is 3.59. The average Bonchev–Trinajstić information content (AvgIpc) is 3.48. The van der Waals surface area contributed by atoms with Crippen LogP contribution in [0.5, 0.6) is 11.5 Å². The first-order chi connectivity index (χ1) is 17.2. The maximum atomic E-state index is 12.7. The van der Waals surface area contributed by atoms with Gasteiger partial charge < -0.3 is 14.4 Å². The highest BCUT2D eigenvalue weighted by molar-refractivity contribution is 8.18. The molecule has 0 atom stereocenters. The normalized spacial score (nSPS) is 17.2. The molecule has 0 aliphatic carbocycles. The van der Waals surface area contributed by atoms with Crippen LogP contribution in [0.4, 0.5) is 4.79 Å². The van der Waals surface area contributed by atoms with E-state index in [9.17, 15) is 14.4 Å². The number of amides is 3. The lowest BCUT2D eigenvalue weighted by Gasteiger charge is -2.19. The summed E-state index contributed by atoms with van der Waals surface area (Å²) < 4.78 is 11.5. The zero-order chi connectivity index (χ0) is 25.7. The summed E-state index contributed by atoms with van der Waals surface area (Å²) in [4.78, 5) is 40.4. The van der Waals surface area contributed by atoms with Crippen LogP contribution in [0.1, 0.15) is 44.7 Å². The molecule has 8 heteroatoms. The van der Waals surface area contributed by atoms with Gasteiger partial charge in [-0.3, -0.25) is 19.3 Å². The SMILES string of the molecule is CC(C)(C)c1ccc(OCCOc2ccc(/C=C3\SC(=O)N(CC(=O)N4CCCC4)C3=O)cc2)cc1. The van der Waals surface area contributed by atoms with E-state index in [1.54, 1.807) is 11.0 Å². The van der Waals surface area contributed by atoms with E-state index in [-0.39, 0.29) is 17.9 Å². The van der Waals surface area contributed by atoms with Gasteiger partial charge in [0.25, 0.3) is 11.1 Å². The van der Waals surface area contributed by atoms with Crippen LogP contribution in [0.25, 0.3) is 6.08 Å². The fourth-order valence-electron chi connectivity index (χ4n) is 4.02. The third-order valence-electron chi connectivity index (χ3n) is 6.14. The van der Waals surface area contributed by atoms with E-state index in [0.29, 0.717) is 37.0 Å². The quantitative estimate of drug-likeness (QED) is 0.365. The number of carbonyl (C=O) groups excluding carboxylic acids is 3. The first-order valence-corrected chi connectivity index (χ1v) is 13.0. The summed E-state index contributed by atoms with van der Waals surface area (Å²) in [5, 5.41) is -0.410. The molecule has 2 aliphatic heterocycles. The molecule has 2 heterocycles. The van der Waals surface area contributed by atoms with E-state index in [1.807, 2.05) is 36.4 Å². The van der Waals surface area contributed by atoms with E-state index in [1.165, 1.54) is 5.56 Å². The predicted octanol–water partition coefficient (Wildman–Crippen LogP) is 5.10. The third-order valence-corrected chi connectivity index (χ3v) is 7.05. The van der Waals surface area contributed by atoms with Gasteiger partial charge in [0.05, 0.1) is 4.91 Å². The van der Waals surface area contributed by atoms with Crippen LogP contribution >= 0.6 is 11.8 Å². The molecule has 36 heavy (non-hydrogen) atoms. The van der Waals surface area contributed by atoms with Crippen LogP contribution < -0.4 is 9.47 Å². The standard InChI is InChI=1S/C28H32N2O5S/c1-28(2,3)21-8-12-23(13-9-21)35-17-16-34-22-10-6-20(7-11-22)18-24-26(32)30(27(33)36-24)19-25(31)29-14-4-5-15-29/h6-13,18H,4-5,14-17,19H2,1-3H3/b24-18-. The Labute approximate surface area is 216 Å². The molecular weight excluding hydrogens is 476 g/mol. The Morgan fingerprint density at radius 2 is 1.47 bits per heavy atom. The van der Waals surface area contributed by atoms with Gasteiger partial charge in [-0.15, -0.1) is 0 Å². The number of rotatable bonds is 8. The molecule has 2 saturated heterocycles. The van der Waals surface area contributed by atoms with Gasteiger partial charge in [-0.1, -0.05) is 45.0 Å². The molecule has 4 rings (SSSR count). The second kappa shape index (κ2) is 11.2. The van der Waals surface area contributed by atoms with E-state index >= 15 is 0 Å². The molecule has 7 nitrogen and oxygen atoms in total. The first-order valence-electron chi connectivity index (χ1n) is 12.2. The maximum absolute atomic E-state index is 12.7. The fourth-order valence-corrected chi connectivity index (χ4v) is 4.86. The number of likely N-dealkylation sites (tertiary alicyclic amines) is 1. The smallest absolute Gasteiger partial charge is 0.294 e. The van der Waals surface area contributed by atoms with E-state index in [0.717, 1.165) is 40.8 Å². The van der Waals surface area contributed by atoms with Crippen molar-refractivity contribution in [3.05, 3.63) is 64.6 Å². The molecule has 0 spiro atoms. The molecular formula is C28H32N2O5S. The van der Waals surface area contributed by atoms with Gasteiger partial charge in [0, 0.05) is 13.1 Å². The summed E-state index contributed by atoms with van der Waals surface area (Å²) in [5.74, 6) is 0.884. The van der Waals surface area contributed by atoms with Gasteiger partial charge in [-0.05, 0) is 71.5 Å². The highest BCUT2D eigenvalue weighted by atomic mass is 32.2. The van der Waals surface area contributed by atoms with Gasteiger partial charge in [-0.2, -0.15) is 0 Å². The van der Waals surface area contributed by atoms with Gasteiger partial charge in [0.2, 0.25) is 5.91 Å². The maximum Gasteiger partial charge on any atom is 0.294 e.